The maximum atomic E-state index is 12.2. The number of carbonyl (C=O) groups excluding carboxylic acids is 2. The van der Waals surface area contributed by atoms with Crippen LogP contribution in [0.3, 0.4) is 0 Å². The second kappa shape index (κ2) is 5.14. The van der Waals surface area contributed by atoms with Crippen molar-refractivity contribution >= 4 is 22.5 Å². The summed E-state index contributed by atoms with van der Waals surface area (Å²) >= 11 is 0. The van der Waals surface area contributed by atoms with E-state index in [4.69, 9.17) is 16.1 Å². The number of urea groups is 1. The summed E-state index contributed by atoms with van der Waals surface area (Å²) in [5, 5.41) is 4.55. The molecule has 0 spiro atoms. The van der Waals surface area contributed by atoms with E-state index in [2.05, 4.69) is 9.38 Å². The fourth-order valence-electron chi connectivity index (χ4n) is 2.74. The largest absolute Gasteiger partial charge is 0.418 e. The van der Waals surface area contributed by atoms with Gasteiger partial charge in [-0.25, -0.2) is 15.4 Å². The molecule has 0 aromatic carbocycles. The lowest BCUT2D eigenvalue weighted by Gasteiger charge is -2.28. The molecule has 3 heterocycles. The Morgan fingerprint density at radius 3 is 2.83 bits per heavy atom. The number of carbonyl (C=O) groups is 2. The number of rotatable bonds is 3. The summed E-state index contributed by atoms with van der Waals surface area (Å²) < 4.78 is 36.0. The molecule has 3 amide bonds. The zero-order valence-electron chi connectivity index (χ0n) is 11.5. The molecule has 1 saturated heterocycles. The minimum absolute atomic E-state index is 0.00751. The predicted molar refractivity (Wildman–Crippen MR) is 71.5 cm³/mol. The van der Waals surface area contributed by atoms with Gasteiger partial charge in [0.2, 0.25) is 0 Å². The Kier molecular flexibility index (Phi) is 3.49. The lowest BCUT2D eigenvalue weighted by atomic mass is 9.98. The number of hydrazine groups is 1. The average Bonchev–Trinajstić information content (AvgIpc) is 3.03. The maximum Gasteiger partial charge on any atom is 0.418 e. The fraction of sp³-hybridized carbons (Fsp3) is 0.444. The molecule has 1 aromatic rings. The third-order valence-corrected chi connectivity index (χ3v) is 3.99. The van der Waals surface area contributed by atoms with Gasteiger partial charge in [0.05, 0.1) is 18.3 Å². The van der Waals surface area contributed by atoms with Crippen LogP contribution in [0.15, 0.2) is 6.20 Å². The number of nitrogens with zero attached hydrogens (tertiary/aromatic N) is 4. The first-order valence-electron chi connectivity index (χ1n) is 6.34. The van der Waals surface area contributed by atoms with Crippen molar-refractivity contribution < 1.29 is 26.8 Å². The van der Waals surface area contributed by atoms with Crippen molar-refractivity contribution in [2.45, 2.75) is 12.1 Å². The molecule has 126 valence electrons. The van der Waals surface area contributed by atoms with Crippen molar-refractivity contribution in [2.24, 2.45) is 11.6 Å². The second-order valence-corrected chi connectivity index (χ2v) is 5.90. The molecule has 0 radical (unpaired) electrons. The van der Waals surface area contributed by atoms with Gasteiger partial charge in [0.15, 0.2) is 0 Å². The first-order chi connectivity index (χ1) is 10.8. The van der Waals surface area contributed by atoms with Crippen LogP contribution < -0.4 is 17.0 Å². The molecule has 2 aliphatic heterocycles. The number of amides is 3. The molecule has 14 heteroatoms. The normalized spacial score (nSPS) is 23.2. The van der Waals surface area contributed by atoms with Crippen molar-refractivity contribution in [1.82, 2.24) is 25.2 Å². The topological polar surface area (TPSA) is 186 Å². The summed E-state index contributed by atoms with van der Waals surface area (Å²) in [5.74, 6) is 5.04. The third kappa shape index (κ3) is 2.41. The van der Waals surface area contributed by atoms with Gasteiger partial charge < -0.3 is 10.6 Å². The van der Waals surface area contributed by atoms with Crippen molar-refractivity contribution in [1.29, 1.82) is 0 Å². The molecule has 1 fully saturated rings. The summed E-state index contributed by atoms with van der Waals surface area (Å²) in [6.45, 7) is 0.0611. The van der Waals surface area contributed by atoms with Crippen molar-refractivity contribution in [2.75, 3.05) is 13.1 Å². The lowest BCUT2D eigenvalue weighted by Crippen LogP contribution is -2.39. The summed E-state index contributed by atoms with van der Waals surface area (Å²) in [6.07, 6.45) is 1.29. The quantitative estimate of drug-likeness (QED) is 0.204. The van der Waals surface area contributed by atoms with Gasteiger partial charge in [-0.05, 0) is 0 Å². The number of aromatic nitrogens is 2. The Hall–Kier alpha value is -2.26. The molecule has 23 heavy (non-hydrogen) atoms. The Morgan fingerprint density at radius 1 is 1.57 bits per heavy atom. The van der Waals surface area contributed by atoms with Gasteiger partial charge in [-0.2, -0.15) is 23.3 Å². The molecule has 2 atom stereocenters. The van der Waals surface area contributed by atoms with Crippen LogP contribution in [0.1, 0.15) is 23.3 Å². The number of fused-ring (bicyclic) bond motifs is 4. The molecule has 0 unspecified atom stereocenters. The first kappa shape index (κ1) is 15.6. The van der Waals surface area contributed by atoms with Gasteiger partial charge >= 0.3 is 22.5 Å². The van der Waals surface area contributed by atoms with Crippen molar-refractivity contribution in [3.63, 3.8) is 0 Å². The highest BCUT2D eigenvalue weighted by molar-refractivity contribution is 7.80. The van der Waals surface area contributed by atoms with E-state index in [1.807, 2.05) is 5.43 Å². The van der Waals surface area contributed by atoms with Gasteiger partial charge in [0.1, 0.15) is 6.04 Å². The van der Waals surface area contributed by atoms with E-state index in [-0.39, 0.29) is 13.1 Å². The Balaban J connectivity index is 2.06. The molecule has 6 N–H and O–H groups in total. The SMILES string of the molecule is NC[C@@H]1c2nn(C(=O)NN)cc2[C@H]2CN1C(=O)N2OS(=O)(=O)O. The highest BCUT2D eigenvalue weighted by atomic mass is 32.3. The molecule has 0 aliphatic carbocycles. The van der Waals surface area contributed by atoms with Gasteiger partial charge in [-0.3, -0.25) is 9.98 Å². The van der Waals surface area contributed by atoms with Crippen molar-refractivity contribution in [3.05, 3.63) is 17.5 Å². The molecule has 3 rings (SSSR count). The van der Waals surface area contributed by atoms with Crippen LogP contribution in [-0.2, 0) is 14.7 Å². The number of hydrogen-bond donors (Lipinski definition) is 4. The predicted octanol–water partition coefficient (Wildman–Crippen LogP) is -2.16. The van der Waals surface area contributed by atoms with Gasteiger partial charge in [-0.15, -0.1) is 4.28 Å². The van der Waals surface area contributed by atoms with E-state index in [0.717, 1.165) is 4.68 Å². The number of hydrogen-bond acceptors (Lipinski definition) is 8. The van der Waals surface area contributed by atoms with Crippen LogP contribution in [0.2, 0.25) is 0 Å². The smallest absolute Gasteiger partial charge is 0.328 e. The monoisotopic (exact) mass is 347 g/mol. The van der Waals surface area contributed by atoms with E-state index in [0.29, 0.717) is 16.3 Å². The average molecular weight is 347 g/mol. The summed E-state index contributed by atoms with van der Waals surface area (Å²) in [7, 11) is -4.90. The van der Waals surface area contributed by atoms with E-state index < -0.39 is 34.5 Å². The van der Waals surface area contributed by atoms with Crippen LogP contribution in [0.5, 0.6) is 0 Å². The standard InChI is InChI=1S/C9H13N7O6S/c10-1-5-7-4(2-15(13-7)8(17)12-11)6-3-14(5)9(18)16(6)22-23(19,20)21/h2,5-6H,1,3,10-11H2,(H,12,17)(H,19,20,21)/t5-,6-/m1/s1. The van der Waals surface area contributed by atoms with Crippen LogP contribution in [-0.4, -0.2) is 57.9 Å². The molecule has 2 aliphatic rings. The molecule has 0 saturated carbocycles. The van der Waals surface area contributed by atoms with E-state index in [1.165, 1.54) is 11.1 Å². The van der Waals surface area contributed by atoms with Gasteiger partial charge in [0.25, 0.3) is 0 Å². The minimum Gasteiger partial charge on any atom is -0.328 e. The zero-order chi connectivity index (χ0) is 16.9. The molecule has 1 aromatic heterocycles. The van der Waals surface area contributed by atoms with E-state index >= 15 is 0 Å². The fourth-order valence-corrected chi connectivity index (χ4v) is 3.11. The lowest BCUT2D eigenvalue weighted by molar-refractivity contribution is -0.0317. The number of hydroxylamine groups is 2. The molecule has 2 bridgehead atoms. The number of nitrogens with two attached hydrogens (primary N) is 2. The molecule has 13 nitrogen and oxygen atoms in total. The van der Waals surface area contributed by atoms with Crippen LogP contribution in [0.25, 0.3) is 0 Å². The molecular formula is C9H13N7O6S. The van der Waals surface area contributed by atoms with Crippen LogP contribution in [0, 0.1) is 0 Å². The highest BCUT2D eigenvalue weighted by Crippen LogP contribution is 2.43. The van der Waals surface area contributed by atoms with Crippen LogP contribution >= 0.6 is 0 Å². The maximum absolute atomic E-state index is 12.2. The van der Waals surface area contributed by atoms with Crippen LogP contribution in [0.4, 0.5) is 9.59 Å². The summed E-state index contributed by atoms with van der Waals surface area (Å²) in [4.78, 5) is 25.1. The Labute approximate surface area is 129 Å². The van der Waals surface area contributed by atoms with Gasteiger partial charge in [0, 0.05) is 18.3 Å². The van der Waals surface area contributed by atoms with E-state index in [1.54, 1.807) is 0 Å². The Morgan fingerprint density at radius 2 is 2.26 bits per heavy atom. The first-order valence-corrected chi connectivity index (χ1v) is 7.70. The third-order valence-electron chi connectivity index (χ3n) is 3.64. The zero-order valence-corrected chi connectivity index (χ0v) is 12.3. The minimum atomic E-state index is -4.90. The Bertz CT molecular complexity index is 775. The van der Waals surface area contributed by atoms with Gasteiger partial charge in [-0.1, -0.05) is 0 Å². The second-order valence-electron chi connectivity index (χ2n) is 4.89. The number of nitrogen functional groups attached to an aromatic ring is 1. The molecular weight excluding hydrogens is 334 g/mol. The van der Waals surface area contributed by atoms with Crippen molar-refractivity contribution in [3.8, 4) is 0 Å². The summed E-state index contributed by atoms with van der Waals surface area (Å²) in [5.41, 5.74) is 8.25. The summed E-state index contributed by atoms with van der Waals surface area (Å²) in [6, 6.07) is -3.05. The van der Waals surface area contributed by atoms with E-state index in [9.17, 15) is 18.0 Å². The highest BCUT2D eigenvalue weighted by Gasteiger charge is 2.51. The number of nitrogens with one attached hydrogen (secondary N) is 1.